The van der Waals surface area contributed by atoms with Crippen molar-refractivity contribution in [2.45, 2.75) is 20.2 Å². The average molecular weight is 379 g/mol. The molecule has 3 aromatic rings. The Morgan fingerprint density at radius 1 is 1.07 bits per heavy atom. The zero-order valence-corrected chi connectivity index (χ0v) is 14.5. The molecule has 0 atom stereocenters. The first kappa shape index (κ1) is 18.6. The number of carbonyl (C=O) groups excluding carboxylic acids is 1. The highest BCUT2D eigenvalue weighted by Gasteiger charge is 2.30. The van der Waals surface area contributed by atoms with Crippen molar-refractivity contribution in [3.05, 3.63) is 53.8 Å². The van der Waals surface area contributed by atoms with Crippen LogP contribution < -0.4 is 14.8 Å². The number of carbonyl (C=O) groups is 1. The number of rotatable bonds is 5. The van der Waals surface area contributed by atoms with E-state index in [1.165, 1.54) is 12.1 Å². The van der Waals surface area contributed by atoms with Crippen LogP contribution in [-0.2, 0) is 4.79 Å². The minimum absolute atomic E-state index is 0.247. The lowest BCUT2D eigenvalue weighted by molar-refractivity contribution is -0.274. The van der Waals surface area contributed by atoms with Crippen molar-refractivity contribution in [2.24, 2.45) is 0 Å². The fraction of sp³-hybridized carbons (Fsp3) is 0.211. The van der Waals surface area contributed by atoms with E-state index in [0.717, 1.165) is 34.4 Å². The Labute approximate surface area is 152 Å². The maximum Gasteiger partial charge on any atom is 0.573 e. The quantitative estimate of drug-likeness (QED) is 0.680. The van der Waals surface area contributed by atoms with Crippen molar-refractivity contribution >= 4 is 22.6 Å². The summed E-state index contributed by atoms with van der Waals surface area (Å²) in [6.45, 7) is 3.51. The van der Waals surface area contributed by atoms with Crippen LogP contribution in [0.3, 0.4) is 0 Å². The number of halogens is 3. The summed E-state index contributed by atoms with van der Waals surface area (Å²) in [7, 11) is 0. The zero-order chi connectivity index (χ0) is 19.6. The monoisotopic (exact) mass is 379 g/mol. The average Bonchev–Trinajstić information content (AvgIpc) is 2.87. The number of anilines is 1. The molecule has 0 radical (unpaired) electrons. The van der Waals surface area contributed by atoms with E-state index in [4.69, 9.17) is 9.15 Å². The lowest BCUT2D eigenvalue weighted by atomic mass is 10.1. The number of hydrogen-bond donors (Lipinski definition) is 1. The molecule has 0 spiro atoms. The second kappa shape index (κ2) is 7.22. The molecule has 0 aliphatic heterocycles. The molecule has 3 rings (SSSR count). The van der Waals surface area contributed by atoms with Gasteiger partial charge in [0.15, 0.2) is 6.61 Å². The molecule has 0 aliphatic rings. The molecule has 1 N–H and O–H groups in total. The number of fused-ring (bicyclic) bond motifs is 1. The van der Waals surface area contributed by atoms with Gasteiger partial charge in [-0.15, -0.1) is 13.2 Å². The Hall–Kier alpha value is -3.16. The van der Waals surface area contributed by atoms with Gasteiger partial charge in [0.1, 0.15) is 22.8 Å². The Morgan fingerprint density at radius 2 is 1.74 bits per heavy atom. The lowest BCUT2D eigenvalue weighted by Gasteiger charge is -2.10. The molecular formula is C19H16F3NO4. The Kier molecular flexibility index (Phi) is 4.98. The molecule has 0 bridgehead atoms. The fourth-order valence-corrected chi connectivity index (χ4v) is 2.50. The van der Waals surface area contributed by atoms with Crippen molar-refractivity contribution in [2.75, 3.05) is 11.9 Å². The van der Waals surface area contributed by atoms with Crippen LogP contribution in [0.25, 0.3) is 11.0 Å². The van der Waals surface area contributed by atoms with Crippen molar-refractivity contribution in [1.82, 2.24) is 0 Å². The van der Waals surface area contributed by atoms with Crippen LogP contribution in [0.1, 0.15) is 11.3 Å². The second-order valence-corrected chi connectivity index (χ2v) is 5.85. The molecule has 27 heavy (non-hydrogen) atoms. The van der Waals surface area contributed by atoms with Crippen molar-refractivity contribution < 1.29 is 31.9 Å². The van der Waals surface area contributed by atoms with Gasteiger partial charge < -0.3 is 19.2 Å². The number of benzene rings is 2. The minimum atomic E-state index is -4.75. The summed E-state index contributed by atoms with van der Waals surface area (Å²) in [6.07, 6.45) is -4.75. The highest BCUT2D eigenvalue weighted by Crippen LogP contribution is 2.27. The molecule has 5 nitrogen and oxygen atoms in total. The van der Waals surface area contributed by atoms with E-state index in [1.54, 1.807) is 12.1 Å². The fourth-order valence-electron chi connectivity index (χ4n) is 2.50. The normalized spacial score (nSPS) is 11.4. The predicted octanol–water partition coefficient (Wildman–Crippen LogP) is 4.97. The summed E-state index contributed by atoms with van der Waals surface area (Å²) in [5.41, 5.74) is 2.33. The summed E-state index contributed by atoms with van der Waals surface area (Å²) in [5.74, 6) is 0.299. The predicted molar refractivity (Wildman–Crippen MR) is 92.9 cm³/mol. The number of aryl methyl sites for hydroxylation is 2. The number of furan rings is 1. The molecule has 8 heteroatoms. The minimum Gasteiger partial charge on any atom is -0.484 e. The third kappa shape index (κ3) is 4.72. The number of amides is 1. The standard InChI is InChI=1S/C19H16F3NO4/c1-11-12(2)26-17-8-3-13(9-16(11)17)23-18(24)10-25-14-4-6-15(7-5-14)27-19(20,21)22/h3-9H,10H2,1-2H3,(H,23,24). The van der Waals surface area contributed by atoms with Crippen molar-refractivity contribution in [3.63, 3.8) is 0 Å². The van der Waals surface area contributed by atoms with Crippen LogP contribution in [0.15, 0.2) is 46.9 Å². The molecule has 1 amide bonds. The molecule has 142 valence electrons. The van der Waals surface area contributed by atoms with E-state index < -0.39 is 12.3 Å². The number of alkyl halides is 3. The topological polar surface area (TPSA) is 60.7 Å². The molecular weight excluding hydrogens is 363 g/mol. The second-order valence-electron chi connectivity index (χ2n) is 5.85. The summed E-state index contributed by atoms with van der Waals surface area (Å²) in [5, 5.41) is 3.61. The first-order valence-corrected chi connectivity index (χ1v) is 7.99. The van der Waals surface area contributed by atoms with Gasteiger partial charge in [-0.25, -0.2) is 0 Å². The number of nitrogens with one attached hydrogen (secondary N) is 1. The van der Waals surface area contributed by atoms with Crippen LogP contribution in [0.2, 0.25) is 0 Å². The van der Waals surface area contributed by atoms with Gasteiger partial charge >= 0.3 is 6.36 Å². The van der Waals surface area contributed by atoms with Crippen LogP contribution in [0, 0.1) is 13.8 Å². The SMILES string of the molecule is Cc1oc2ccc(NC(=O)COc3ccc(OC(F)(F)F)cc3)cc2c1C. The van der Waals surface area contributed by atoms with E-state index >= 15 is 0 Å². The smallest absolute Gasteiger partial charge is 0.484 e. The highest BCUT2D eigenvalue weighted by atomic mass is 19.4. The molecule has 0 saturated heterocycles. The van der Waals surface area contributed by atoms with Gasteiger partial charge in [-0.2, -0.15) is 0 Å². The summed E-state index contributed by atoms with van der Waals surface area (Å²) < 4.78 is 51.0. The number of hydrogen-bond acceptors (Lipinski definition) is 4. The molecule has 0 aliphatic carbocycles. The first-order chi connectivity index (χ1) is 12.7. The van der Waals surface area contributed by atoms with E-state index in [1.807, 2.05) is 19.9 Å². The molecule has 2 aromatic carbocycles. The van der Waals surface area contributed by atoms with E-state index in [0.29, 0.717) is 5.69 Å². The summed E-state index contributed by atoms with van der Waals surface area (Å²) >= 11 is 0. The van der Waals surface area contributed by atoms with E-state index in [2.05, 4.69) is 10.1 Å². The maximum absolute atomic E-state index is 12.1. The lowest BCUT2D eigenvalue weighted by Crippen LogP contribution is -2.20. The van der Waals surface area contributed by atoms with Gasteiger partial charge in [0, 0.05) is 11.1 Å². The molecule has 1 heterocycles. The van der Waals surface area contributed by atoms with Gasteiger partial charge in [0.25, 0.3) is 5.91 Å². The van der Waals surface area contributed by atoms with Gasteiger partial charge in [0.05, 0.1) is 0 Å². The van der Waals surface area contributed by atoms with Crippen LogP contribution in [-0.4, -0.2) is 18.9 Å². The van der Waals surface area contributed by atoms with Crippen LogP contribution >= 0.6 is 0 Å². The van der Waals surface area contributed by atoms with Crippen LogP contribution in [0.4, 0.5) is 18.9 Å². The molecule has 0 saturated carbocycles. The molecule has 0 fully saturated rings. The van der Waals surface area contributed by atoms with Gasteiger partial charge in [-0.05, 0) is 61.9 Å². The van der Waals surface area contributed by atoms with Gasteiger partial charge in [0.2, 0.25) is 0 Å². The summed E-state index contributed by atoms with van der Waals surface area (Å²) in [4.78, 5) is 12.0. The zero-order valence-electron chi connectivity index (χ0n) is 14.5. The third-order valence-corrected chi connectivity index (χ3v) is 3.89. The van der Waals surface area contributed by atoms with Crippen molar-refractivity contribution in [1.29, 1.82) is 0 Å². The molecule has 0 unspecified atom stereocenters. The third-order valence-electron chi connectivity index (χ3n) is 3.89. The van der Waals surface area contributed by atoms with E-state index in [9.17, 15) is 18.0 Å². The highest BCUT2D eigenvalue weighted by molar-refractivity contribution is 5.95. The van der Waals surface area contributed by atoms with Crippen molar-refractivity contribution in [3.8, 4) is 11.5 Å². The number of ether oxygens (including phenoxy) is 2. The van der Waals surface area contributed by atoms with Gasteiger partial charge in [-0.1, -0.05) is 0 Å². The summed E-state index contributed by atoms with van der Waals surface area (Å²) in [6, 6.07) is 10.1. The first-order valence-electron chi connectivity index (χ1n) is 7.99. The Morgan fingerprint density at radius 3 is 2.41 bits per heavy atom. The Balaban J connectivity index is 1.57. The maximum atomic E-state index is 12.1. The largest absolute Gasteiger partial charge is 0.573 e. The molecule has 1 aromatic heterocycles. The van der Waals surface area contributed by atoms with Gasteiger partial charge in [-0.3, -0.25) is 4.79 Å². The van der Waals surface area contributed by atoms with E-state index in [-0.39, 0.29) is 18.1 Å². The Bertz CT molecular complexity index is 961. The van der Waals surface area contributed by atoms with Crippen LogP contribution in [0.5, 0.6) is 11.5 Å².